The van der Waals surface area contributed by atoms with Crippen LogP contribution in [0.15, 0.2) is 0 Å². The van der Waals surface area contributed by atoms with Crippen molar-refractivity contribution in [3.8, 4) is 0 Å². The predicted molar refractivity (Wildman–Crippen MR) is 55.2 cm³/mol. The molecule has 0 aliphatic heterocycles. The van der Waals surface area contributed by atoms with Crippen LogP contribution in [0.5, 0.6) is 0 Å². The van der Waals surface area contributed by atoms with Crippen LogP contribution in [-0.2, 0) is 0 Å². The third kappa shape index (κ3) is 4.07. The quantitative estimate of drug-likeness (QED) is 0.661. The molecule has 0 rings (SSSR count). The van der Waals surface area contributed by atoms with Gasteiger partial charge < -0.3 is 10.6 Å². The molecular weight excluding hydrogens is 148 g/mol. The standard InChI is InChI=1S/C10H24N2/c1-5-9(2)10(3)12(4)8-6-7-11/h9-10H,5-8,11H2,1-4H3. The third-order valence-electron chi connectivity index (χ3n) is 2.88. The number of rotatable bonds is 6. The Morgan fingerprint density at radius 3 is 2.33 bits per heavy atom. The average molecular weight is 172 g/mol. The van der Waals surface area contributed by atoms with Gasteiger partial charge in [-0.05, 0) is 39.4 Å². The molecule has 0 saturated heterocycles. The summed E-state index contributed by atoms with van der Waals surface area (Å²) in [5.74, 6) is 0.785. The van der Waals surface area contributed by atoms with Crippen molar-refractivity contribution in [3.05, 3.63) is 0 Å². The molecule has 74 valence electrons. The van der Waals surface area contributed by atoms with Crippen molar-refractivity contribution >= 4 is 0 Å². The molecule has 2 N–H and O–H groups in total. The minimum Gasteiger partial charge on any atom is -0.330 e. The van der Waals surface area contributed by atoms with E-state index in [4.69, 9.17) is 5.73 Å². The second-order valence-electron chi connectivity index (χ2n) is 3.75. The third-order valence-corrected chi connectivity index (χ3v) is 2.88. The summed E-state index contributed by atoms with van der Waals surface area (Å²) >= 11 is 0. The summed E-state index contributed by atoms with van der Waals surface area (Å²) in [5, 5.41) is 0. The van der Waals surface area contributed by atoms with Gasteiger partial charge in [-0.25, -0.2) is 0 Å². The zero-order valence-corrected chi connectivity index (χ0v) is 9.01. The lowest BCUT2D eigenvalue weighted by molar-refractivity contribution is 0.195. The van der Waals surface area contributed by atoms with Gasteiger partial charge in [0.2, 0.25) is 0 Å². The highest BCUT2D eigenvalue weighted by Crippen LogP contribution is 2.12. The number of nitrogens with two attached hydrogens (primary N) is 1. The van der Waals surface area contributed by atoms with E-state index in [0.29, 0.717) is 6.04 Å². The van der Waals surface area contributed by atoms with Gasteiger partial charge in [-0.15, -0.1) is 0 Å². The molecule has 0 fully saturated rings. The summed E-state index contributed by atoms with van der Waals surface area (Å²) in [6, 6.07) is 0.682. The molecule has 0 aliphatic carbocycles. The van der Waals surface area contributed by atoms with E-state index in [0.717, 1.165) is 25.4 Å². The first-order valence-electron chi connectivity index (χ1n) is 5.03. The van der Waals surface area contributed by atoms with Crippen LogP contribution in [0.3, 0.4) is 0 Å². The first-order chi connectivity index (χ1) is 5.63. The molecule has 0 aromatic heterocycles. The van der Waals surface area contributed by atoms with Gasteiger partial charge in [0.25, 0.3) is 0 Å². The van der Waals surface area contributed by atoms with Gasteiger partial charge in [-0.3, -0.25) is 0 Å². The van der Waals surface area contributed by atoms with Gasteiger partial charge in [0.15, 0.2) is 0 Å². The van der Waals surface area contributed by atoms with Crippen LogP contribution < -0.4 is 5.73 Å². The van der Waals surface area contributed by atoms with Crippen LogP contribution in [0.1, 0.15) is 33.6 Å². The van der Waals surface area contributed by atoms with Crippen LogP contribution in [0.2, 0.25) is 0 Å². The van der Waals surface area contributed by atoms with Gasteiger partial charge >= 0.3 is 0 Å². The molecule has 0 aliphatic rings. The highest BCUT2D eigenvalue weighted by molar-refractivity contribution is 4.68. The summed E-state index contributed by atoms with van der Waals surface area (Å²) in [5.41, 5.74) is 5.46. The van der Waals surface area contributed by atoms with E-state index in [1.807, 2.05) is 0 Å². The SMILES string of the molecule is CCC(C)C(C)N(C)CCCN. The molecule has 0 spiro atoms. The molecule has 0 bridgehead atoms. The normalized spacial score (nSPS) is 16.5. The molecule has 0 radical (unpaired) electrons. The van der Waals surface area contributed by atoms with Gasteiger partial charge in [0.1, 0.15) is 0 Å². The topological polar surface area (TPSA) is 29.3 Å². The van der Waals surface area contributed by atoms with Gasteiger partial charge in [-0.2, -0.15) is 0 Å². The molecule has 0 heterocycles. The van der Waals surface area contributed by atoms with Crippen LogP contribution in [0.4, 0.5) is 0 Å². The summed E-state index contributed by atoms with van der Waals surface area (Å²) in [6.07, 6.45) is 2.37. The highest BCUT2D eigenvalue weighted by Gasteiger charge is 2.14. The van der Waals surface area contributed by atoms with Gasteiger partial charge in [-0.1, -0.05) is 20.3 Å². The van der Waals surface area contributed by atoms with E-state index < -0.39 is 0 Å². The van der Waals surface area contributed by atoms with E-state index in [1.54, 1.807) is 0 Å². The zero-order valence-electron chi connectivity index (χ0n) is 9.01. The Morgan fingerprint density at radius 2 is 1.92 bits per heavy atom. The van der Waals surface area contributed by atoms with Crippen molar-refractivity contribution in [2.45, 2.75) is 39.7 Å². The van der Waals surface area contributed by atoms with Crippen molar-refractivity contribution in [1.29, 1.82) is 0 Å². The second kappa shape index (κ2) is 6.44. The first kappa shape index (κ1) is 11.9. The molecule has 2 nitrogen and oxygen atoms in total. The van der Waals surface area contributed by atoms with Crippen molar-refractivity contribution in [2.75, 3.05) is 20.1 Å². The minimum atomic E-state index is 0.682. The number of nitrogens with zero attached hydrogens (tertiary/aromatic N) is 1. The highest BCUT2D eigenvalue weighted by atomic mass is 15.1. The van der Waals surface area contributed by atoms with Crippen molar-refractivity contribution in [2.24, 2.45) is 11.7 Å². The average Bonchev–Trinajstić information content (AvgIpc) is 2.11. The molecule has 2 unspecified atom stereocenters. The monoisotopic (exact) mass is 172 g/mol. The maximum atomic E-state index is 5.46. The Morgan fingerprint density at radius 1 is 1.33 bits per heavy atom. The molecule has 2 atom stereocenters. The molecule has 0 amide bonds. The maximum absolute atomic E-state index is 5.46. The Balaban J connectivity index is 3.67. The van der Waals surface area contributed by atoms with E-state index in [1.165, 1.54) is 6.42 Å². The van der Waals surface area contributed by atoms with Gasteiger partial charge in [0.05, 0.1) is 0 Å². The summed E-state index contributed by atoms with van der Waals surface area (Å²) < 4.78 is 0. The first-order valence-corrected chi connectivity index (χ1v) is 5.03. The molecule has 0 saturated carbocycles. The van der Waals surface area contributed by atoms with Crippen LogP contribution >= 0.6 is 0 Å². The van der Waals surface area contributed by atoms with Gasteiger partial charge in [0, 0.05) is 6.04 Å². The summed E-state index contributed by atoms with van der Waals surface area (Å²) in [4.78, 5) is 2.40. The smallest absolute Gasteiger partial charge is 0.00894 e. The Kier molecular flexibility index (Phi) is 6.39. The van der Waals surface area contributed by atoms with E-state index in [2.05, 4.69) is 32.7 Å². The maximum Gasteiger partial charge on any atom is 0.00894 e. The fraction of sp³-hybridized carbons (Fsp3) is 1.00. The minimum absolute atomic E-state index is 0.682. The van der Waals surface area contributed by atoms with Crippen LogP contribution in [0.25, 0.3) is 0 Å². The summed E-state index contributed by atoms with van der Waals surface area (Å²) in [7, 11) is 2.19. The Bertz CT molecular complexity index is 104. The van der Waals surface area contributed by atoms with Crippen LogP contribution in [-0.4, -0.2) is 31.1 Å². The Labute approximate surface area is 77.1 Å². The molecule has 0 aromatic rings. The fourth-order valence-corrected chi connectivity index (χ4v) is 1.32. The molecule has 12 heavy (non-hydrogen) atoms. The van der Waals surface area contributed by atoms with E-state index >= 15 is 0 Å². The number of hydrogen-bond acceptors (Lipinski definition) is 2. The summed E-state index contributed by atoms with van der Waals surface area (Å²) in [6.45, 7) is 8.78. The van der Waals surface area contributed by atoms with E-state index in [-0.39, 0.29) is 0 Å². The molecular formula is C10H24N2. The molecule has 0 aromatic carbocycles. The predicted octanol–water partition coefficient (Wildman–Crippen LogP) is 1.70. The van der Waals surface area contributed by atoms with Crippen molar-refractivity contribution in [1.82, 2.24) is 4.90 Å². The van der Waals surface area contributed by atoms with Crippen LogP contribution in [0, 0.1) is 5.92 Å². The van der Waals surface area contributed by atoms with Crippen molar-refractivity contribution in [3.63, 3.8) is 0 Å². The lowest BCUT2D eigenvalue weighted by atomic mass is 10.00. The zero-order chi connectivity index (χ0) is 9.56. The Hall–Kier alpha value is -0.0800. The largest absolute Gasteiger partial charge is 0.330 e. The van der Waals surface area contributed by atoms with Crippen molar-refractivity contribution < 1.29 is 0 Å². The fourth-order valence-electron chi connectivity index (χ4n) is 1.32. The molecule has 2 heteroatoms. The number of hydrogen-bond donors (Lipinski definition) is 1. The van der Waals surface area contributed by atoms with E-state index in [9.17, 15) is 0 Å². The lowest BCUT2D eigenvalue weighted by Crippen LogP contribution is -2.35. The second-order valence-corrected chi connectivity index (χ2v) is 3.75. The lowest BCUT2D eigenvalue weighted by Gasteiger charge is -2.29.